The van der Waals surface area contributed by atoms with Gasteiger partial charge in [0.2, 0.25) is 0 Å². The molecule has 0 fully saturated rings. The minimum Gasteiger partial charge on any atom is -0.395 e. The monoisotopic (exact) mass is 363 g/mol. The molecule has 1 N–H and O–H groups in total. The Morgan fingerprint density at radius 2 is 1.78 bits per heavy atom. The van der Waals surface area contributed by atoms with Crippen LogP contribution in [0.4, 0.5) is 10.2 Å². The maximum absolute atomic E-state index is 13.2. The third kappa shape index (κ3) is 3.50. The van der Waals surface area contributed by atoms with Gasteiger partial charge in [-0.1, -0.05) is 30.3 Å². The SMILES string of the molecule is OCCN(Cc1ccccc1)c1ncnc2c1cnn2-c1ccc(F)cc1. The van der Waals surface area contributed by atoms with Gasteiger partial charge < -0.3 is 10.0 Å². The molecule has 27 heavy (non-hydrogen) atoms. The van der Waals surface area contributed by atoms with Gasteiger partial charge in [-0.15, -0.1) is 0 Å². The average Bonchev–Trinajstić information content (AvgIpc) is 3.13. The molecule has 0 atom stereocenters. The van der Waals surface area contributed by atoms with Crippen molar-refractivity contribution in [3.63, 3.8) is 0 Å². The summed E-state index contributed by atoms with van der Waals surface area (Å²) in [5.41, 5.74) is 2.46. The normalized spacial score (nSPS) is 11.0. The van der Waals surface area contributed by atoms with Crippen LogP contribution in [0.1, 0.15) is 5.56 Å². The molecular weight excluding hydrogens is 345 g/mol. The molecule has 0 spiro atoms. The van der Waals surface area contributed by atoms with Crippen molar-refractivity contribution in [1.29, 1.82) is 0 Å². The van der Waals surface area contributed by atoms with Gasteiger partial charge in [-0.25, -0.2) is 19.0 Å². The van der Waals surface area contributed by atoms with Crippen molar-refractivity contribution in [2.24, 2.45) is 0 Å². The molecule has 0 aliphatic heterocycles. The van der Waals surface area contributed by atoms with Gasteiger partial charge >= 0.3 is 0 Å². The standard InChI is InChI=1S/C20H18FN5O/c21-16-6-8-17(9-7-16)26-20-18(12-24-26)19(22-14-23-20)25(10-11-27)13-15-4-2-1-3-5-15/h1-9,12,14,27H,10-11,13H2. The first-order chi connectivity index (χ1) is 13.3. The molecule has 2 aromatic heterocycles. The third-order valence-electron chi connectivity index (χ3n) is 4.30. The Hall–Kier alpha value is -3.32. The molecule has 0 saturated heterocycles. The number of rotatable bonds is 6. The molecule has 0 aliphatic carbocycles. The highest BCUT2D eigenvalue weighted by molar-refractivity contribution is 5.87. The summed E-state index contributed by atoms with van der Waals surface area (Å²) >= 11 is 0. The Morgan fingerprint density at radius 3 is 2.52 bits per heavy atom. The van der Waals surface area contributed by atoms with Crippen molar-refractivity contribution < 1.29 is 9.50 Å². The van der Waals surface area contributed by atoms with Crippen LogP contribution in [0.5, 0.6) is 0 Å². The number of anilines is 1. The zero-order valence-electron chi connectivity index (χ0n) is 14.5. The minimum absolute atomic E-state index is 0.00439. The highest BCUT2D eigenvalue weighted by atomic mass is 19.1. The molecular formula is C20H18FN5O. The number of aliphatic hydroxyl groups excluding tert-OH is 1. The first-order valence-corrected chi connectivity index (χ1v) is 8.60. The number of halogens is 1. The molecule has 0 unspecified atom stereocenters. The van der Waals surface area contributed by atoms with Crippen LogP contribution in [0.15, 0.2) is 67.1 Å². The summed E-state index contributed by atoms with van der Waals surface area (Å²) in [5, 5.41) is 14.7. The highest BCUT2D eigenvalue weighted by Crippen LogP contribution is 2.25. The molecule has 0 radical (unpaired) electrons. The van der Waals surface area contributed by atoms with E-state index < -0.39 is 0 Å². The molecule has 0 amide bonds. The Balaban J connectivity index is 1.75. The van der Waals surface area contributed by atoms with Crippen molar-refractivity contribution >= 4 is 16.9 Å². The Labute approximate surface area is 155 Å². The van der Waals surface area contributed by atoms with Gasteiger partial charge in [-0.05, 0) is 29.8 Å². The first-order valence-electron chi connectivity index (χ1n) is 8.60. The van der Waals surface area contributed by atoms with Gasteiger partial charge in [0.05, 0.1) is 23.9 Å². The number of benzene rings is 2. The molecule has 0 bridgehead atoms. The van der Waals surface area contributed by atoms with Gasteiger partial charge in [0.1, 0.15) is 18.0 Å². The quantitative estimate of drug-likeness (QED) is 0.570. The molecule has 136 valence electrons. The van der Waals surface area contributed by atoms with Crippen LogP contribution >= 0.6 is 0 Å². The topological polar surface area (TPSA) is 67.1 Å². The summed E-state index contributed by atoms with van der Waals surface area (Å²) in [6, 6.07) is 16.1. The number of aliphatic hydroxyl groups is 1. The fourth-order valence-corrected chi connectivity index (χ4v) is 3.04. The van der Waals surface area contributed by atoms with Gasteiger partial charge in [0, 0.05) is 13.1 Å². The molecule has 6 nitrogen and oxygen atoms in total. The van der Waals surface area contributed by atoms with Crippen molar-refractivity contribution in [1.82, 2.24) is 19.7 Å². The highest BCUT2D eigenvalue weighted by Gasteiger charge is 2.16. The number of nitrogens with zero attached hydrogens (tertiary/aromatic N) is 5. The maximum atomic E-state index is 13.2. The minimum atomic E-state index is -0.303. The molecule has 4 rings (SSSR count). The van der Waals surface area contributed by atoms with Gasteiger partial charge in [0.25, 0.3) is 0 Å². The van der Waals surface area contributed by atoms with Crippen LogP contribution < -0.4 is 4.90 Å². The van der Waals surface area contributed by atoms with E-state index in [0.29, 0.717) is 30.2 Å². The second-order valence-corrected chi connectivity index (χ2v) is 6.10. The third-order valence-corrected chi connectivity index (χ3v) is 4.30. The van der Waals surface area contributed by atoms with E-state index in [0.717, 1.165) is 10.9 Å². The van der Waals surface area contributed by atoms with E-state index in [4.69, 9.17) is 0 Å². The first kappa shape index (κ1) is 17.1. The van der Waals surface area contributed by atoms with Crippen LogP contribution in [0.25, 0.3) is 16.7 Å². The lowest BCUT2D eigenvalue weighted by atomic mass is 10.2. The molecule has 0 saturated carbocycles. The Bertz CT molecular complexity index is 1030. The van der Waals surface area contributed by atoms with E-state index in [1.165, 1.54) is 18.5 Å². The van der Waals surface area contributed by atoms with Crippen molar-refractivity contribution in [3.8, 4) is 5.69 Å². The van der Waals surface area contributed by atoms with E-state index in [-0.39, 0.29) is 12.4 Å². The summed E-state index contributed by atoms with van der Waals surface area (Å²) in [6.45, 7) is 1.04. The lowest BCUT2D eigenvalue weighted by Gasteiger charge is -2.23. The van der Waals surface area contributed by atoms with Crippen LogP contribution in [0.3, 0.4) is 0 Å². The van der Waals surface area contributed by atoms with Crippen LogP contribution in [0, 0.1) is 5.82 Å². The summed E-state index contributed by atoms with van der Waals surface area (Å²) in [4.78, 5) is 10.8. The Kier molecular flexibility index (Phi) is 4.76. The van der Waals surface area contributed by atoms with Crippen molar-refractivity contribution in [2.75, 3.05) is 18.1 Å². The van der Waals surface area contributed by atoms with Crippen LogP contribution in [-0.2, 0) is 6.54 Å². The molecule has 2 heterocycles. The fourth-order valence-electron chi connectivity index (χ4n) is 3.04. The predicted octanol–water partition coefficient (Wildman–Crippen LogP) is 2.95. The average molecular weight is 363 g/mol. The maximum Gasteiger partial charge on any atom is 0.168 e. The molecule has 0 aliphatic rings. The Morgan fingerprint density at radius 1 is 1.00 bits per heavy atom. The predicted molar refractivity (Wildman–Crippen MR) is 101 cm³/mol. The largest absolute Gasteiger partial charge is 0.395 e. The summed E-state index contributed by atoms with van der Waals surface area (Å²) in [6.07, 6.45) is 3.18. The lowest BCUT2D eigenvalue weighted by molar-refractivity contribution is 0.301. The second-order valence-electron chi connectivity index (χ2n) is 6.10. The lowest BCUT2D eigenvalue weighted by Crippen LogP contribution is -2.27. The smallest absolute Gasteiger partial charge is 0.168 e. The molecule has 2 aromatic carbocycles. The van der Waals surface area contributed by atoms with E-state index in [1.807, 2.05) is 35.2 Å². The van der Waals surface area contributed by atoms with E-state index >= 15 is 0 Å². The summed E-state index contributed by atoms with van der Waals surface area (Å²) in [5.74, 6) is 0.397. The zero-order chi connectivity index (χ0) is 18.6. The van der Waals surface area contributed by atoms with Gasteiger partial charge in [0.15, 0.2) is 5.65 Å². The summed E-state index contributed by atoms with van der Waals surface area (Å²) in [7, 11) is 0. The fraction of sp³-hybridized carbons (Fsp3) is 0.150. The molecule has 4 aromatic rings. The second kappa shape index (κ2) is 7.51. The number of fused-ring (bicyclic) bond motifs is 1. The van der Waals surface area contributed by atoms with Crippen LogP contribution in [0.2, 0.25) is 0 Å². The molecule has 7 heteroatoms. The van der Waals surface area contributed by atoms with Crippen LogP contribution in [-0.4, -0.2) is 38.0 Å². The number of hydrogen-bond donors (Lipinski definition) is 1. The van der Waals surface area contributed by atoms with E-state index in [1.54, 1.807) is 23.0 Å². The number of hydrogen-bond acceptors (Lipinski definition) is 5. The van der Waals surface area contributed by atoms with E-state index in [9.17, 15) is 9.50 Å². The van der Waals surface area contributed by atoms with E-state index in [2.05, 4.69) is 15.1 Å². The zero-order valence-corrected chi connectivity index (χ0v) is 14.5. The van der Waals surface area contributed by atoms with Crippen molar-refractivity contribution in [3.05, 3.63) is 78.5 Å². The van der Waals surface area contributed by atoms with Gasteiger partial charge in [-0.3, -0.25) is 0 Å². The summed E-state index contributed by atoms with van der Waals surface area (Å²) < 4.78 is 14.9. The number of aromatic nitrogens is 4. The van der Waals surface area contributed by atoms with Crippen molar-refractivity contribution in [2.45, 2.75) is 6.54 Å². The van der Waals surface area contributed by atoms with Gasteiger partial charge in [-0.2, -0.15) is 5.10 Å².